The van der Waals surface area contributed by atoms with E-state index in [1.807, 2.05) is 31.1 Å². The summed E-state index contributed by atoms with van der Waals surface area (Å²) in [5.41, 5.74) is 1.47. The van der Waals surface area contributed by atoms with Crippen molar-refractivity contribution in [3.8, 4) is 0 Å². The van der Waals surface area contributed by atoms with Crippen LogP contribution in [0.2, 0.25) is 0 Å². The molecule has 6 nitrogen and oxygen atoms in total. The quantitative estimate of drug-likeness (QED) is 0.583. The highest BCUT2D eigenvalue weighted by atomic mass is 32.2. The highest BCUT2D eigenvalue weighted by molar-refractivity contribution is 7.89. The van der Waals surface area contributed by atoms with Gasteiger partial charge in [-0.25, -0.2) is 12.8 Å². The monoisotopic (exact) mass is 430 g/mol. The van der Waals surface area contributed by atoms with Crippen LogP contribution in [0.1, 0.15) is 5.56 Å². The Balaban J connectivity index is 1.99. The second-order valence-corrected chi connectivity index (χ2v) is 8.73. The first-order chi connectivity index (χ1) is 14.2. The number of carbonyl (C=O) groups is 1. The Morgan fingerprint density at radius 3 is 2.30 bits per heavy atom. The molecule has 0 saturated carbocycles. The zero-order valence-electron chi connectivity index (χ0n) is 16.9. The average Bonchev–Trinajstić information content (AvgIpc) is 2.73. The van der Waals surface area contributed by atoms with E-state index in [-0.39, 0.29) is 11.3 Å². The van der Waals surface area contributed by atoms with Gasteiger partial charge in [-0.15, -0.1) is 0 Å². The van der Waals surface area contributed by atoms with Gasteiger partial charge >= 0.3 is 5.97 Å². The van der Waals surface area contributed by atoms with Gasteiger partial charge in [0.05, 0.1) is 12.0 Å². The number of hydrogen-bond donors (Lipinski definition) is 1. The van der Waals surface area contributed by atoms with Crippen LogP contribution >= 0.6 is 0 Å². The molecule has 8 heteroatoms. The van der Waals surface area contributed by atoms with Crippen molar-refractivity contribution in [2.24, 2.45) is 0 Å². The number of methoxy groups -OCH3 is 1. The lowest BCUT2D eigenvalue weighted by Crippen LogP contribution is -2.43. The van der Waals surface area contributed by atoms with Crippen LogP contribution in [0.25, 0.3) is 10.8 Å². The number of benzene rings is 3. The Kier molecular flexibility index (Phi) is 6.38. The largest absolute Gasteiger partial charge is 0.468 e. The Morgan fingerprint density at radius 2 is 1.67 bits per heavy atom. The van der Waals surface area contributed by atoms with Crippen LogP contribution in [-0.2, 0) is 26.0 Å². The predicted molar refractivity (Wildman–Crippen MR) is 115 cm³/mol. The van der Waals surface area contributed by atoms with Gasteiger partial charge in [0.15, 0.2) is 0 Å². The maximum absolute atomic E-state index is 13.2. The number of anilines is 1. The molecule has 0 aliphatic carbocycles. The summed E-state index contributed by atoms with van der Waals surface area (Å²) < 4.78 is 46.8. The van der Waals surface area contributed by atoms with E-state index in [1.54, 1.807) is 18.2 Å². The summed E-state index contributed by atoms with van der Waals surface area (Å²) in [5, 5.41) is 1.32. The molecular weight excluding hydrogens is 407 g/mol. The van der Waals surface area contributed by atoms with Crippen molar-refractivity contribution in [3.63, 3.8) is 0 Å². The molecule has 158 valence electrons. The van der Waals surface area contributed by atoms with Gasteiger partial charge in [-0.3, -0.25) is 4.79 Å². The molecule has 3 aromatic carbocycles. The summed E-state index contributed by atoms with van der Waals surface area (Å²) in [6.07, 6.45) is 0.0277. The average molecular weight is 431 g/mol. The first-order valence-corrected chi connectivity index (χ1v) is 10.7. The summed E-state index contributed by atoms with van der Waals surface area (Å²) in [6, 6.07) is 14.8. The minimum atomic E-state index is -4.06. The van der Waals surface area contributed by atoms with Crippen LogP contribution in [0.15, 0.2) is 65.6 Å². The smallest absolute Gasteiger partial charge is 0.324 e. The van der Waals surface area contributed by atoms with E-state index in [9.17, 15) is 17.6 Å². The lowest BCUT2D eigenvalue weighted by molar-refractivity contribution is -0.142. The zero-order chi connectivity index (χ0) is 21.9. The predicted octanol–water partition coefficient (Wildman–Crippen LogP) is 3.11. The molecule has 0 amide bonds. The van der Waals surface area contributed by atoms with E-state index in [2.05, 4.69) is 4.72 Å². The van der Waals surface area contributed by atoms with E-state index < -0.39 is 27.9 Å². The van der Waals surface area contributed by atoms with E-state index in [1.165, 1.54) is 37.4 Å². The fourth-order valence-electron chi connectivity index (χ4n) is 3.31. The van der Waals surface area contributed by atoms with Crippen molar-refractivity contribution >= 4 is 32.5 Å². The number of rotatable bonds is 7. The number of halogens is 1. The summed E-state index contributed by atoms with van der Waals surface area (Å²) in [7, 11) is 0.893. The third kappa shape index (κ3) is 4.60. The van der Waals surface area contributed by atoms with E-state index >= 15 is 0 Å². The van der Waals surface area contributed by atoms with Gasteiger partial charge in [0, 0.05) is 30.6 Å². The Morgan fingerprint density at radius 1 is 1.03 bits per heavy atom. The zero-order valence-corrected chi connectivity index (χ0v) is 17.7. The number of carbonyl (C=O) groups excluding carboxylic acids is 1. The molecule has 0 fully saturated rings. The van der Waals surface area contributed by atoms with Crippen LogP contribution in [0.5, 0.6) is 0 Å². The Bertz CT molecular complexity index is 1160. The van der Waals surface area contributed by atoms with Gasteiger partial charge in [0.2, 0.25) is 10.0 Å². The molecule has 0 aliphatic heterocycles. The van der Waals surface area contributed by atoms with Gasteiger partial charge in [0.25, 0.3) is 0 Å². The lowest BCUT2D eigenvalue weighted by Gasteiger charge is -2.19. The fraction of sp³-hybridized carbons (Fsp3) is 0.227. The first-order valence-electron chi connectivity index (χ1n) is 9.26. The second kappa shape index (κ2) is 8.81. The number of nitrogens with zero attached hydrogens (tertiary/aromatic N) is 1. The number of ether oxygens (including phenoxy) is 1. The standard InChI is InChI=1S/C22H23FN2O4S/c1-25(2)20-8-4-7-18-17(20)6-5-9-21(18)30(27,28)24-19(22(26)29-3)14-15-10-12-16(23)13-11-15/h4-13,19,24H,14H2,1-3H3. The first kappa shape index (κ1) is 21.7. The number of sulfonamides is 1. The van der Waals surface area contributed by atoms with Crippen LogP contribution in [0.3, 0.4) is 0 Å². The van der Waals surface area contributed by atoms with Crippen molar-refractivity contribution in [2.45, 2.75) is 17.4 Å². The van der Waals surface area contributed by atoms with Crippen molar-refractivity contribution in [3.05, 3.63) is 72.0 Å². The maximum Gasteiger partial charge on any atom is 0.324 e. The molecule has 1 unspecified atom stereocenters. The van der Waals surface area contributed by atoms with Gasteiger partial charge in [-0.2, -0.15) is 4.72 Å². The third-order valence-corrected chi connectivity index (χ3v) is 6.30. The molecule has 3 aromatic rings. The second-order valence-electron chi connectivity index (χ2n) is 7.05. The van der Waals surface area contributed by atoms with Gasteiger partial charge in [-0.05, 0) is 36.2 Å². The SMILES string of the molecule is COC(=O)C(Cc1ccc(F)cc1)NS(=O)(=O)c1cccc2c(N(C)C)cccc12. The van der Waals surface area contributed by atoms with Crippen molar-refractivity contribution < 1.29 is 22.3 Å². The van der Waals surface area contributed by atoms with Gasteiger partial charge < -0.3 is 9.64 Å². The van der Waals surface area contributed by atoms with Crippen LogP contribution in [0, 0.1) is 5.82 Å². The van der Waals surface area contributed by atoms with Crippen molar-refractivity contribution in [1.82, 2.24) is 4.72 Å². The molecule has 0 aromatic heterocycles. The molecule has 30 heavy (non-hydrogen) atoms. The molecule has 1 atom stereocenters. The third-order valence-electron chi connectivity index (χ3n) is 4.77. The fourth-order valence-corrected chi connectivity index (χ4v) is 4.72. The number of hydrogen-bond acceptors (Lipinski definition) is 5. The Labute approximate surface area is 175 Å². The highest BCUT2D eigenvalue weighted by Crippen LogP contribution is 2.30. The van der Waals surface area contributed by atoms with E-state index in [0.29, 0.717) is 10.9 Å². The minimum Gasteiger partial charge on any atom is -0.468 e. The number of fused-ring (bicyclic) bond motifs is 1. The lowest BCUT2D eigenvalue weighted by atomic mass is 10.1. The maximum atomic E-state index is 13.2. The molecule has 3 rings (SSSR count). The molecule has 0 radical (unpaired) electrons. The molecule has 1 N–H and O–H groups in total. The topological polar surface area (TPSA) is 75.7 Å². The molecular formula is C22H23FN2O4S. The van der Waals surface area contributed by atoms with Crippen molar-refractivity contribution in [1.29, 1.82) is 0 Å². The summed E-state index contributed by atoms with van der Waals surface area (Å²) in [5.74, 6) is -1.14. The highest BCUT2D eigenvalue weighted by Gasteiger charge is 2.28. The van der Waals surface area contributed by atoms with Crippen LogP contribution in [0.4, 0.5) is 10.1 Å². The molecule has 0 spiro atoms. The van der Waals surface area contributed by atoms with Crippen LogP contribution in [-0.4, -0.2) is 41.6 Å². The van der Waals surface area contributed by atoms with Gasteiger partial charge in [-0.1, -0.05) is 36.4 Å². The van der Waals surface area contributed by atoms with E-state index in [0.717, 1.165) is 11.1 Å². The van der Waals surface area contributed by atoms with Crippen molar-refractivity contribution in [2.75, 3.05) is 26.1 Å². The molecule has 0 aliphatic rings. The van der Waals surface area contributed by atoms with Gasteiger partial charge in [0.1, 0.15) is 11.9 Å². The normalized spacial score (nSPS) is 12.5. The number of esters is 1. The van der Waals surface area contributed by atoms with Crippen LogP contribution < -0.4 is 9.62 Å². The number of nitrogens with one attached hydrogen (secondary N) is 1. The minimum absolute atomic E-state index is 0.0277. The summed E-state index contributed by atoms with van der Waals surface area (Å²) in [6.45, 7) is 0. The molecule has 0 saturated heterocycles. The Hall–Kier alpha value is -2.97. The van der Waals surface area contributed by atoms with E-state index in [4.69, 9.17) is 4.74 Å². The molecule has 0 bridgehead atoms. The molecule has 0 heterocycles. The summed E-state index contributed by atoms with van der Waals surface area (Å²) in [4.78, 5) is 14.2. The summed E-state index contributed by atoms with van der Waals surface area (Å²) >= 11 is 0.